The van der Waals surface area contributed by atoms with E-state index < -0.39 is 5.91 Å². The lowest BCUT2D eigenvalue weighted by atomic mass is 10.1. The van der Waals surface area contributed by atoms with Gasteiger partial charge in [-0.1, -0.05) is 52.3 Å². The summed E-state index contributed by atoms with van der Waals surface area (Å²) in [6, 6.07) is 24.5. The number of hydrogen-bond acceptors (Lipinski definition) is 3. The van der Waals surface area contributed by atoms with Crippen molar-refractivity contribution in [2.45, 2.75) is 0 Å². The number of carbonyl (C=O) groups excluding carboxylic acids is 1. The molecule has 0 fully saturated rings. The Bertz CT molecular complexity index is 1120. The van der Waals surface area contributed by atoms with Crippen LogP contribution < -0.4 is 10.5 Å². The number of rotatable bonds is 5. The molecule has 138 valence electrons. The summed E-state index contributed by atoms with van der Waals surface area (Å²) in [7, 11) is 0. The van der Waals surface area contributed by atoms with Crippen molar-refractivity contribution in [3.8, 4) is 28.4 Å². The number of benzene rings is 3. The summed E-state index contributed by atoms with van der Waals surface area (Å²) in [4.78, 5) is 11.5. The fraction of sp³-hybridized carbons (Fsp3) is 0. The summed E-state index contributed by atoms with van der Waals surface area (Å²) in [6.45, 7) is 0. The first kappa shape index (κ1) is 18.0. The third kappa shape index (κ3) is 3.68. The molecule has 0 aliphatic rings. The van der Waals surface area contributed by atoms with Crippen LogP contribution in [0.1, 0.15) is 10.4 Å². The van der Waals surface area contributed by atoms with Gasteiger partial charge in [0.25, 0.3) is 0 Å². The largest absolute Gasteiger partial charge is 0.453 e. The van der Waals surface area contributed by atoms with Crippen molar-refractivity contribution in [2.75, 3.05) is 0 Å². The topological polar surface area (TPSA) is 70.1 Å². The van der Waals surface area contributed by atoms with Crippen molar-refractivity contribution in [3.05, 3.63) is 95.1 Å². The first-order valence-electron chi connectivity index (χ1n) is 8.59. The van der Waals surface area contributed by atoms with Gasteiger partial charge < -0.3 is 10.5 Å². The van der Waals surface area contributed by atoms with E-state index in [1.54, 1.807) is 30.5 Å². The van der Waals surface area contributed by atoms with E-state index in [9.17, 15) is 4.79 Å². The summed E-state index contributed by atoms with van der Waals surface area (Å²) in [5, 5.41) is 4.53. The van der Waals surface area contributed by atoms with Crippen LogP contribution in [0.25, 0.3) is 16.9 Å². The maximum atomic E-state index is 11.5. The molecule has 0 spiro atoms. The van der Waals surface area contributed by atoms with E-state index in [2.05, 4.69) is 21.0 Å². The second kappa shape index (κ2) is 7.70. The highest BCUT2D eigenvalue weighted by molar-refractivity contribution is 9.10. The second-order valence-electron chi connectivity index (χ2n) is 6.11. The Balaban J connectivity index is 1.81. The summed E-state index contributed by atoms with van der Waals surface area (Å²) in [5.41, 5.74) is 8.44. The molecule has 1 amide bonds. The van der Waals surface area contributed by atoms with E-state index in [0.29, 0.717) is 17.1 Å². The smallest absolute Gasteiger partial charge is 0.248 e. The lowest BCUT2D eigenvalue weighted by molar-refractivity contribution is 0.1000. The molecule has 0 saturated carbocycles. The Hall–Kier alpha value is -3.38. The molecule has 5 nitrogen and oxygen atoms in total. The minimum Gasteiger partial charge on any atom is -0.453 e. The lowest BCUT2D eigenvalue weighted by Crippen LogP contribution is -2.10. The van der Waals surface area contributed by atoms with Gasteiger partial charge in [-0.15, -0.1) is 0 Å². The molecule has 2 N–H and O–H groups in total. The minimum atomic E-state index is -0.501. The summed E-state index contributed by atoms with van der Waals surface area (Å²) in [6.07, 6.45) is 1.67. The number of ether oxygens (including phenoxy) is 1. The van der Waals surface area contributed by atoms with Crippen molar-refractivity contribution in [1.29, 1.82) is 0 Å². The van der Waals surface area contributed by atoms with Gasteiger partial charge in [-0.3, -0.25) is 4.79 Å². The van der Waals surface area contributed by atoms with Crippen LogP contribution in [0.4, 0.5) is 0 Å². The zero-order chi connectivity index (χ0) is 19.5. The number of nitrogens with two attached hydrogens (primary N) is 1. The number of aromatic nitrogens is 2. The fourth-order valence-electron chi connectivity index (χ4n) is 2.89. The Morgan fingerprint density at radius 2 is 1.71 bits per heavy atom. The van der Waals surface area contributed by atoms with Crippen molar-refractivity contribution in [2.24, 2.45) is 5.73 Å². The second-order valence-corrected chi connectivity index (χ2v) is 7.02. The van der Waals surface area contributed by atoms with Crippen molar-refractivity contribution < 1.29 is 9.53 Å². The Labute approximate surface area is 170 Å². The quantitative estimate of drug-likeness (QED) is 0.470. The van der Waals surface area contributed by atoms with Crippen LogP contribution in [0.3, 0.4) is 0 Å². The van der Waals surface area contributed by atoms with Crippen LogP contribution in [0, 0.1) is 0 Å². The molecule has 1 aromatic heterocycles. The van der Waals surface area contributed by atoms with Gasteiger partial charge in [0.05, 0.1) is 11.9 Å². The van der Waals surface area contributed by atoms with Crippen LogP contribution in [0.5, 0.6) is 11.5 Å². The first-order chi connectivity index (χ1) is 13.6. The van der Waals surface area contributed by atoms with Gasteiger partial charge in [0, 0.05) is 15.6 Å². The molecule has 4 rings (SSSR count). The van der Waals surface area contributed by atoms with Crippen molar-refractivity contribution >= 4 is 21.8 Å². The minimum absolute atomic E-state index is 0.387. The lowest BCUT2D eigenvalue weighted by Gasteiger charge is -2.11. The summed E-state index contributed by atoms with van der Waals surface area (Å²) < 4.78 is 8.90. The third-order valence-electron chi connectivity index (χ3n) is 4.20. The number of amides is 1. The van der Waals surface area contributed by atoms with Crippen molar-refractivity contribution in [1.82, 2.24) is 9.78 Å². The molecule has 0 saturated heterocycles. The average Bonchev–Trinajstić information content (AvgIpc) is 3.13. The highest BCUT2D eigenvalue weighted by atomic mass is 79.9. The molecule has 6 heteroatoms. The zero-order valence-corrected chi connectivity index (χ0v) is 16.3. The maximum absolute atomic E-state index is 11.5. The van der Waals surface area contributed by atoms with Gasteiger partial charge in [0.1, 0.15) is 11.4 Å². The molecule has 1 heterocycles. The van der Waals surface area contributed by atoms with Crippen molar-refractivity contribution in [3.63, 3.8) is 0 Å². The molecule has 0 unspecified atom stereocenters. The van der Waals surface area contributed by atoms with E-state index >= 15 is 0 Å². The number of primary amides is 1. The summed E-state index contributed by atoms with van der Waals surface area (Å²) >= 11 is 3.47. The first-order valence-corrected chi connectivity index (χ1v) is 9.38. The summed E-state index contributed by atoms with van der Waals surface area (Å²) in [5.74, 6) is 0.591. The Morgan fingerprint density at radius 1 is 0.964 bits per heavy atom. The van der Waals surface area contributed by atoms with Crippen LogP contribution in [-0.2, 0) is 0 Å². The molecular formula is C22H16BrN3O2. The van der Waals surface area contributed by atoms with E-state index in [0.717, 1.165) is 21.4 Å². The molecule has 4 aromatic rings. The van der Waals surface area contributed by atoms with E-state index in [-0.39, 0.29) is 0 Å². The van der Waals surface area contributed by atoms with Gasteiger partial charge in [-0.05, 0) is 42.5 Å². The predicted octanol–water partition coefficient (Wildman–Crippen LogP) is 5.19. The number of hydrogen-bond donors (Lipinski definition) is 1. The van der Waals surface area contributed by atoms with Crippen LogP contribution in [-0.4, -0.2) is 15.7 Å². The fourth-order valence-corrected chi connectivity index (χ4v) is 3.15. The predicted molar refractivity (Wildman–Crippen MR) is 112 cm³/mol. The maximum Gasteiger partial charge on any atom is 0.248 e. The normalized spacial score (nSPS) is 10.6. The number of halogens is 1. The highest BCUT2D eigenvalue weighted by Crippen LogP contribution is 2.35. The zero-order valence-electron chi connectivity index (χ0n) is 14.7. The molecule has 0 atom stereocenters. The van der Waals surface area contributed by atoms with Gasteiger partial charge in [0.2, 0.25) is 5.91 Å². The molecule has 0 aliphatic heterocycles. The monoisotopic (exact) mass is 433 g/mol. The SMILES string of the molecule is NC(=O)c1cccc(Oc2cnn(-c3ccccc3)c2-c2ccc(Br)cc2)c1. The molecule has 0 radical (unpaired) electrons. The molecule has 0 bridgehead atoms. The molecule has 3 aromatic carbocycles. The van der Waals surface area contributed by atoms with E-state index in [1.165, 1.54) is 0 Å². The average molecular weight is 434 g/mol. The van der Waals surface area contributed by atoms with Crippen LogP contribution in [0.15, 0.2) is 89.5 Å². The number of para-hydroxylation sites is 1. The van der Waals surface area contributed by atoms with Gasteiger partial charge in [0.15, 0.2) is 5.75 Å². The highest BCUT2D eigenvalue weighted by Gasteiger charge is 2.17. The van der Waals surface area contributed by atoms with Gasteiger partial charge in [-0.25, -0.2) is 4.68 Å². The van der Waals surface area contributed by atoms with Crippen LogP contribution >= 0.6 is 15.9 Å². The van der Waals surface area contributed by atoms with Crippen LogP contribution in [0.2, 0.25) is 0 Å². The van der Waals surface area contributed by atoms with Gasteiger partial charge >= 0.3 is 0 Å². The Kier molecular flexibility index (Phi) is 4.95. The number of carbonyl (C=O) groups is 1. The molecule has 0 aliphatic carbocycles. The van der Waals surface area contributed by atoms with Gasteiger partial charge in [-0.2, -0.15) is 5.10 Å². The van der Waals surface area contributed by atoms with E-state index in [1.807, 2.05) is 59.3 Å². The van der Waals surface area contributed by atoms with E-state index in [4.69, 9.17) is 10.5 Å². The Morgan fingerprint density at radius 3 is 2.43 bits per heavy atom. The standard InChI is InChI=1S/C22H16BrN3O2/c23-17-11-9-15(10-12-17)21-20(14-25-26(21)18-6-2-1-3-7-18)28-19-8-4-5-16(13-19)22(24)27/h1-14H,(H2,24,27). The third-order valence-corrected chi connectivity index (χ3v) is 4.73. The molecule has 28 heavy (non-hydrogen) atoms. The number of nitrogens with zero attached hydrogens (tertiary/aromatic N) is 2. The molecular weight excluding hydrogens is 418 g/mol.